The molecule has 1 heteroatoms. The normalized spacial score (nSPS) is 14.7. The van der Waals surface area contributed by atoms with Crippen molar-refractivity contribution in [3.63, 3.8) is 0 Å². The number of rotatable bonds is 0. The molecule has 1 aliphatic rings. The van der Waals surface area contributed by atoms with Crippen molar-refractivity contribution in [2.45, 2.75) is 6.42 Å². The summed E-state index contributed by atoms with van der Waals surface area (Å²) in [4.78, 5) is 11.2. The number of allylic oxidation sites excluding steroid dienone is 1. The van der Waals surface area contributed by atoms with Gasteiger partial charge in [-0.3, -0.25) is 4.79 Å². The summed E-state index contributed by atoms with van der Waals surface area (Å²) in [5.41, 5.74) is 1.81. The second-order valence-corrected chi connectivity index (χ2v) is 2.54. The zero-order chi connectivity index (χ0) is 7.68. The van der Waals surface area contributed by atoms with E-state index in [4.69, 9.17) is 0 Å². The molecule has 2 rings (SSSR count). The lowest BCUT2D eigenvalue weighted by Crippen LogP contribution is -2.03. The van der Waals surface area contributed by atoms with E-state index in [1.807, 2.05) is 24.3 Å². The monoisotopic (exact) mass is 143 g/mol. The third kappa shape index (κ3) is 0.984. The van der Waals surface area contributed by atoms with Crippen molar-refractivity contribution in [1.29, 1.82) is 0 Å². The van der Waals surface area contributed by atoms with Crippen molar-refractivity contribution in [2.24, 2.45) is 0 Å². The fraction of sp³-hybridized carbons (Fsp3) is 0.100. The van der Waals surface area contributed by atoms with Gasteiger partial charge in [0.25, 0.3) is 0 Å². The fourth-order valence-corrected chi connectivity index (χ4v) is 1.24. The summed E-state index contributed by atoms with van der Waals surface area (Å²) in [5, 5.41) is 0. The fourth-order valence-electron chi connectivity index (χ4n) is 1.24. The lowest BCUT2D eigenvalue weighted by molar-refractivity contribution is 0.0994. The van der Waals surface area contributed by atoms with Gasteiger partial charge in [-0.05, 0) is 17.7 Å². The van der Waals surface area contributed by atoms with E-state index in [-0.39, 0.29) is 5.78 Å². The smallest absolute Gasteiger partial charge is 0.167 e. The molecular formula is C10H7O. The van der Waals surface area contributed by atoms with Crippen LogP contribution >= 0.6 is 0 Å². The maximum absolute atomic E-state index is 11.2. The predicted molar refractivity (Wildman–Crippen MR) is 43.3 cm³/mol. The van der Waals surface area contributed by atoms with Crippen molar-refractivity contribution in [3.8, 4) is 0 Å². The SMILES string of the molecule is O=C1CC=Cc2c[c]ccc21. The van der Waals surface area contributed by atoms with Crippen LogP contribution in [0.4, 0.5) is 0 Å². The number of Topliss-reactive ketones (excluding diaryl/α,β-unsaturated/α-hetero) is 1. The molecule has 53 valence electrons. The number of benzene rings is 1. The van der Waals surface area contributed by atoms with Gasteiger partial charge in [0.2, 0.25) is 0 Å². The molecule has 1 aliphatic carbocycles. The maximum atomic E-state index is 11.2. The average Bonchev–Trinajstić information content (AvgIpc) is 2.06. The van der Waals surface area contributed by atoms with E-state index in [0.717, 1.165) is 11.1 Å². The quantitative estimate of drug-likeness (QED) is 0.543. The van der Waals surface area contributed by atoms with E-state index < -0.39 is 0 Å². The first kappa shape index (κ1) is 6.35. The summed E-state index contributed by atoms with van der Waals surface area (Å²) in [6.07, 6.45) is 4.39. The third-order valence-corrected chi connectivity index (χ3v) is 1.80. The van der Waals surface area contributed by atoms with Crippen LogP contribution in [0.1, 0.15) is 22.3 Å². The van der Waals surface area contributed by atoms with Crippen LogP contribution in [-0.4, -0.2) is 5.78 Å². The molecule has 1 radical (unpaired) electrons. The first-order valence-electron chi connectivity index (χ1n) is 3.58. The minimum absolute atomic E-state index is 0.205. The van der Waals surface area contributed by atoms with Crippen molar-refractivity contribution in [1.82, 2.24) is 0 Å². The molecule has 0 atom stereocenters. The Kier molecular flexibility index (Phi) is 1.35. The molecule has 1 nitrogen and oxygen atoms in total. The molecule has 0 saturated carbocycles. The molecule has 11 heavy (non-hydrogen) atoms. The van der Waals surface area contributed by atoms with Crippen LogP contribution in [0.2, 0.25) is 0 Å². The predicted octanol–water partition coefficient (Wildman–Crippen LogP) is 2.09. The second-order valence-electron chi connectivity index (χ2n) is 2.54. The van der Waals surface area contributed by atoms with Gasteiger partial charge in [0.05, 0.1) is 0 Å². The van der Waals surface area contributed by atoms with Crippen molar-refractivity contribution in [2.75, 3.05) is 0 Å². The minimum Gasteiger partial charge on any atom is -0.294 e. The van der Waals surface area contributed by atoms with Crippen LogP contribution in [0.15, 0.2) is 24.3 Å². The molecule has 0 amide bonds. The number of hydrogen-bond acceptors (Lipinski definition) is 1. The van der Waals surface area contributed by atoms with Gasteiger partial charge >= 0.3 is 0 Å². The van der Waals surface area contributed by atoms with Crippen LogP contribution < -0.4 is 0 Å². The topological polar surface area (TPSA) is 17.1 Å². The van der Waals surface area contributed by atoms with E-state index in [1.165, 1.54) is 0 Å². The molecule has 0 bridgehead atoms. The second kappa shape index (κ2) is 2.35. The Hall–Kier alpha value is -1.37. The Labute approximate surface area is 65.4 Å². The number of fused-ring (bicyclic) bond motifs is 1. The van der Waals surface area contributed by atoms with E-state index in [1.54, 1.807) is 6.07 Å². The highest BCUT2D eigenvalue weighted by molar-refractivity contribution is 6.02. The average molecular weight is 143 g/mol. The number of carbonyl (C=O) groups excluding carboxylic acids is 1. The lowest BCUT2D eigenvalue weighted by Gasteiger charge is -2.06. The van der Waals surface area contributed by atoms with Crippen molar-refractivity contribution >= 4 is 11.9 Å². The molecule has 0 saturated heterocycles. The highest BCUT2D eigenvalue weighted by atomic mass is 16.1. The third-order valence-electron chi connectivity index (χ3n) is 1.80. The van der Waals surface area contributed by atoms with Gasteiger partial charge in [-0.2, -0.15) is 0 Å². The summed E-state index contributed by atoms with van der Waals surface area (Å²) < 4.78 is 0. The van der Waals surface area contributed by atoms with Gasteiger partial charge in [-0.1, -0.05) is 24.3 Å². The summed E-state index contributed by atoms with van der Waals surface area (Å²) in [6, 6.07) is 8.37. The van der Waals surface area contributed by atoms with Gasteiger partial charge in [0.1, 0.15) is 0 Å². The van der Waals surface area contributed by atoms with E-state index in [2.05, 4.69) is 6.07 Å². The van der Waals surface area contributed by atoms with Gasteiger partial charge < -0.3 is 0 Å². The zero-order valence-corrected chi connectivity index (χ0v) is 6.00. The van der Waals surface area contributed by atoms with E-state index in [0.29, 0.717) is 6.42 Å². The zero-order valence-electron chi connectivity index (χ0n) is 6.00. The Morgan fingerprint density at radius 2 is 2.36 bits per heavy atom. The Morgan fingerprint density at radius 1 is 1.45 bits per heavy atom. The summed E-state index contributed by atoms with van der Waals surface area (Å²) in [5.74, 6) is 0.205. The minimum atomic E-state index is 0.205. The van der Waals surface area contributed by atoms with Gasteiger partial charge in [0.15, 0.2) is 5.78 Å². The van der Waals surface area contributed by atoms with E-state index in [9.17, 15) is 4.79 Å². The number of hydrogen-bond donors (Lipinski definition) is 0. The molecule has 0 N–H and O–H groups in total. The molecule has 0 aromatic heterocycles. The number of carbonyl (C=O) groups is 1. The highest BCUT2D eigenvalue weighted by Crippen LogP contribution is 2.17. The Morgan fingerprint density at radius 3 is 3.18 bits per heavy atom. The van der Waals surface area contributed by atoms with Crippen LogP contribution in [0, 0.1) is 6.07 Å². The van der Waals surface area contributed by atoms with E-state index >= 15 is 0 Å². The largest absolute Gasteiger partial charge is 0.294 e. The molecule has 1 aromatic carbocycles. The summed E-state index contributed by atoms with van der Waals surface area (Å²) in [6.45, 7) is 0. The first-order chi connectivity index (χ1) is 5.38. The van der Waals surface area contributed by atoms with Crippen LogP contribution in [0.3, 0.4) is 0 Å². The van der Waals surface area contributed by atoms with Gasteiger partial charge in [-0.25, -0.2) is 0 Å². The highest BCUT2D eigenvalue weighted by Gasteiger charge is 2.10. The Balaban J connectivity index is 2.63. The molecule has 0 aliphatic heterocycles. The van der Waals surface area contributed by atoms with Crippen LogP contribution in [0.25, 0.3) is 6.08 Å². The number of ketones is 1. The first-order valence-corrected chi connectivity index (χ1v) is 3.58. The standard InChI is InChI=1S/C10H7O/c11-10-7-3-5-8-4-1-2-6-9(8)10/h2-6H,7H2. The molecule has 0 fully saturated rings. The molecule has 0 heterocycles. The summed E-state index contributed by atoms with van der Waals surface area (Å²) in [7, 11) is 0. The van der Waals surface area contributed by atoms with Crippen LogP contribution in [0.5, 0.6) is 0 Å². The van der Waals surface area contributed by atoms with Gasteiger partial charge in [-0.15, -0.1) is 0 Å². The molecule has 0 unspecified atom stereocenters. The molecule has 0 spiro atoms. The summed E-state index contributed by atoms with van der Waals surface area (Å²) >= 11 is 0. The molecular weight excluding hydrogens is 136 g/mol. The lowest BCUT2D eigenvalue weighted by atomic mass is 9.97. The molecule has 1 aromatic rings. The maximum Gasteiger partial charge on any atom is 0.167 e. The van der Waals surface area contributed by atoms with Gasteiger partial charge in [0, 0.05) is 12.0 Å². The van der Waals surface area contributed by atoms with Crippen molar-refractivity contribution < 1.29 is 4.79 Å². The Bertz CT molecular complexity index is 323. The van der Waals surface area contributed by atoms with Crippen molar-refractivity contribution in [3.05, 3.63) is 41.5 Å². The van der Waals surface area contributed by atoms with Crippen LogP contribution in [-0.2, 0) is 0 Å².